The van der Waals surface area contributed by atoms with E-state index in [4.69, 9.17) is 9.47 Å². The van der Waals surface area contributed by atoms with Crippen molar-refractivity contribution in [2.75, 3.05) is 0 Å². The van der Waals surface area contributed by atoms with Gasteiger partial charge in [0.25, 0.3) is 6.29 Å². The summed E-state index contributed by atoms with van der Waals surface area (Å²) in [4.78, 5) is 21.7. The first-order valence-electron chi connectivity index (χ1n) is 4.90. The molecule has 0 aliphatic carbocycles. The number of carbonyl (C=O) groups is 2. The molecule has 1 aromatic rings. The van der Waals surface area contributed by atoms with Crippen LogP contribution in [0.5, 0.6) is 0 Å². The van der Waals surface area contributed by atoms with Crippen molar-refractivity contribution in [3.8, 4) is 0 Å². The predicted octanol–water partition coefficient (Wildman–Crippen LogP) is 2.12. The summed E-state index contributed by atoms with van der Waals surface area (Å²) in [7, 11) is 0. The Bertz CT molecular complexity index is 365. The minimum absolute atomic E-state index is 0.494. The van der Waals surface area contributed by atoms with E-state index in [1.165, 1.54) is 13.8 Å². The standard InChI is InChI=1S/C12H14O4/c1-8-4-6-11(7-5-8)12(15-9(2)13)16-10(3)14/h4-7,12H,1-3H3. The average Bonchev–Trinajstić information content (AvgIpc) is 2.16. The van der Waals surface area contributed by atoms with Crippen molar-refractivity contribution >= 4 is 11.9 Å². The molecule has 4 heteroatoms. The maximum atomic E-state index is 10.9. The summed E-state index contributed by atoms with van der Waals surface area (Å²) in [6, 6.07) is 7.22. The van der Waals surface area contributed by atoms with Crippen LogP contribution in [0.3, 0.4) is 0 Å². The number of carbonyl (C=O) groups excluding carboxylic acids is 2. The van der Waals surface area contributed by atoms with Gasteiger partial charge in [0.05, 0.1) is 0 Å². The molecule has 86 valence electrons. The Kier molecular flexibility index (Phi) is 4.05. The maximum Gasteiger partial charge on any atom is 0.305 e. The largest absolute Gasteiger partial charge is 0.421 e. The zero-order valence-corrected chi connectivity index (χ0v) is 9.52. The summed E-state index contributed by atoms with van der Waals surface area (Å²) < 4.78 is 9.81. The molecule has 1 aromatic carbocycles. The first kappa shape index (κ1) is 12.2. The molecule has 16 heavy (non-hydrogen) atoms. The van der Waals surface area contributed by atoms with Gasteiger partial charge >= 0.3 is 11.9 Å². The van der Waals surface area contributed by atoms with E-state index in [9.17, 15) is 9.59 Å². The lowest BCUT2D eigenvalue weighted by molar-refractivity contribution is -0.186. The van der Waals surface area contributed by atoms with Gasteiger partial charge in [-0.3, -0.25) is 9.59 Å². The summed E-state index contributed by atoms with van der Waals surface area (Å²) >= 11 is 0. The summed E-state index contributed by atoms with van der Waals surface area (Å²) in [6.07, 6.45) is -0.962. The number of hydrogen-bond acceptors (Lipinski definition) is 4. The normalized spacial score (nSPS) is 10.0. The van der Waals surface area contributed by atoms with E-state index < -0.39 is 18.2 Å². The highest BCUT2D eigenvalue weighted by Gasteiger charge is 2.17. The van der Waals surface area contributed by atoms with Crippen LogP contribution in [0, 0.1) is 6.92 Å². The molecule has 0 atom stereocenters. The fourth-order valence-corrected chi connectivity index (χ4v) is 1.19. The van der Waals surface area contributed by atoms with E-state index in [0.29, 0.717) is 5.56 Å². The molecule has 0 saturated heterocycles. The minimum atomic E-state index is -0.962. The second-order valence-electron chi connectivity index (χ2n) is 3.46. The maximum absolute atomic E-state index is 10.9. The Labute approximate surface area is 94.2 Å². The third-order valence-corrected chi connectivity index (χ3v) is 1.90. The molecule has 0 bridgehead atoms. The Morgan fingerprint density at radius 1 is 1.00 bits per heavy atom. The van der Waals surface area contributed by atoms with Crippen molar-refractivity contribution in [3.05, 3.63) is 35.4 Å². The lowest BCUT2D eigenvalue weighted by atomic mass is 10.1. The monoisotopic (exact) mass is 222 g/mol. The first-order chi connectivity index (χ1) is 7.49. The van der Waals surface area contributed by atoms with Gasteiger partial charge in [-0.15, -0.1) is 0 Å². The predicted molar refractivity (Wildman–Crippen MR) is 57.5 cm³/mol. The molecule has 1 rings (SSSR count). The van der Waals surface area contributed by atoms with Crippen LogP contribution in [0.25, 0.3) is 0 Å². The Morgan fingerprint density at radius 3 is 1.81 bits per heavy atom. The zero-order chi connectivity index (χ0) is 12.1. The van der Waals surface area contributed by atoms with Crippen LogP contribution < -0.4 is 0 Å². The van der Waals surface area contributed by atoms with Gasteiger partial charge in [-0.25, -0.2) is 0 Å². The van der Waals surface area contributed by atoms with Crippen LogP contribution in [0.15, 0.2) is 24.3 Å². The number of rotatable bonds is 3. The van der Waals surface area contributed by atoms with Crippen LogP contribution in [0.4, 0.5) is 0 Å². The topological polar surface area (TPSA) is 52.6 Å². The molecule has 4 nitrogen and oxygen atoms in total. The minimum Gasteiger partial charge on any atom is -0.421 e. The van der Waals surface area contributed by atoms with Crippen LogP contribution >= 0.6 is 0 Å². The van der Waals surface area contributed by atoms with Gasteiger partial charge in [0, 0.05) is 19.4 Å². The van der Waals surface area contributed by atoms with E-state index in [-0.39, 0.29) is 0 Å². The molecule has 0 radical (unpaired) electrons. The van der Waals surface area contributed by atoms with Gasteiger partial charge < -0.3 is 9.47 Å². The number of aryl methyl sites for hydroxylation is 1. The molecular weight excluding hydrogens is 208 g/mol. The van der Waals surface area contributed by atoms with Crippen molar-refractivity contribution < 1.29 is 19.1 Å². The summed E-state index contributed by atoms with van der Waals surface area (Å²) in [6.45, 7) is 4.48. The molecule has 0 fully saturated rings. The first-order valence-corrected chi connectivity index (χ1v) is 4.90. The van der Waals surface area contributed by atoms with Crippen molar-refractivity contribution in [2.24, 2.45) is 0 Å². The van der Waals surface area contributed by atoms with Crippen LogP contribution in [-0.4, -0.2) is 11.9 Å². The molecule has 0 spiro atoms. The van der Waals surface area contributed by atoms with Gasteiger partial charge in [0.2, 0.25) is 0 Å². The molecule has 0 aromatic heterocycles. The SMILES string of the molecule is CC(=O)OC(OC(C)=O)c1ccc(C)cc1. The van der Waals surface area contributed by atoms with Crippen LogP contribution in [0.1, 0.15) is 31.3 Å². The van der Waals surface area contributed by atoms with E-state index in [0.717, 1.165) is 5.56 Å². The van der Waals surface area contributed by atoms with Gasteiger partial charge in [0.15, 0.2) is 0 Å². The fraction of sp³-hybridized carbons (Fsp3) is 0.333. The summed E-state index contributed by atoms with van der Waals surface area (Å²) in [5.41, 5.74) is 1.71. The second-order valence-corrected chi connectivity index (χ2v) is 3.46. The molecule has 0 aliphatic rings. The molecule has 0 amide bonds. The zero-order valence-electron chi connectivity index (χ0n) is 9.52. The van der Waals surface area contributed by atoms with Crippen molar-refractivity contribution in [2.45, 2.75) is 27.1 Å². The lowest BCUT2D eigenvalue weighted by Crippen LogP contribution is -2.14. The van der Waals surface area contributed by atoms with Crippen molar-refractivity contribution in [1.82, 2.24) is 0 Å². The van der Waals surface area contributed by atoms with Crippen LogP contribution in [-0.2, 0) is 19.1 Å². The average molecular weight is 222 g/mol. The molecule has 0 N–H and O–H groups in total. The fourth-order valence-electron chi connectivity index (χ4n) is 1.19. The van der Waals surface area contributed by atoms with E-state index in [1.54, 1.807) is 12.1 Å². The number of ether oxygens (including phenoxy) is 2. The highest BCUT2D eigenvalue weighted by molar-refractivity contribution is 5.68. The number of benzene rings is 1. The highest BCUT2D eigenvalue weighted by Crippen LogP contribution is 2.19. The molecular formula is C12H14O4. The van der Waals surface area contributed by atoms with Crippen molar-refractivity contribution in [3.63, 3.8) is 0 Å². The van der Waals surface area contributed by atoms with Gasteiger partial charge in [-0.2, -0.15) is 0 Å². The third kappa shape index (κ3) is 3.73. The Balaban J connectivity index is 2.86. The van der Waals surface area contributed by atoms with Crippen LogP contribution in [0.2, 0.25) is 0 Å². The molecule has 0 heterocycles. The Morgan fingerprint density at radius 2 is 1.44 bits per heavy atom. The second kappa shape index (κ2) is 5.30. The Hall–Kier alpha value is -1.84. The highest BCUT2D eigenvalue weighted by atomic mass is 16.7. The van der Waals surface area contributed by atoms with Crippen molar-refractivity contribution in [1.29, 1.82) is 0 Å². The van der Waals surface area contributed by atoms with Gasteiger partial charge in [0.1, 0.15) is 0 Å². The quantitative estimate of drug-likeness (QED) is 0.580. The van der Waals surface area contributed by atoms with E-state index in [1.807, 2.05) is 19.1 Å². The van der Waals surface area contributed by atoms with E-state index >= 15 is 0 Å². The van der Waals surface area contributed by atoms with E-state index in [2.05, 4.69) is 0 Å². The van der Waals surface area contributed by atoms with Gasteiger partial charge in [-0.05, 0) is 6.92 Å². The molecule has 0 unspecified atom stereocenters. The summed E-state index contributed by atoms with van der Waals surface area (Å²) in [5, 5.41) is 0. The third-order valence-electron chi connectivity index (χ3n) is 1.90. The van der Waals surface area contributed by atoms with Gasteiger partial charge in [-0.1, -0.05) is 29.8 Å². The molecule has 0 saturated carbocycles. The smallest absolute Gasteiger partial charge is 0.305 e. The number of esters is 2. The lowest BCUT2D eigenvalue weighted by Gasteiger charge is -2.16. The summed E-state index contributed by atoms with van der Waals surface area (Å²) in [5.74, 6) is -0.987. The molecule has 0 aliphatic heterocycles. The number of hydrogen-bond donors (Lipinski definition) is 0.